The van der Waals surface area contributed by atoms with E-state index in [1.54, 1.807) is 48.7 Å². The fraction of sp³-hybridized carbons (Fsp3) is 0.241. The normalized spacial score (nSPS) is 14.2. The Morgan fingerprint density at radius 1 is 0.892 bits per heavy atom. The van der Waals surface area contributed by atoms with Crippen LogP contribution in [0.2, 0.25) is 0 Å². The van der Waals surface area contributed by atoms with Gasteiger partial charge in [0.05, 0.1) is 16.2 Å². The number of anilines is 1. The maximum Gasteiger partial charge on any atom is 0.253 e. The minimum absolute atomic E-state index is 0.0259. The zero-order valence-corrected chi connectivity index (χ0v) is 22.3. The first-order valence-corrected chi connectivity index (χ1v) is 15.0. The molecule has 3 aromatic carbocycles. The molecule has 8 heteroatoms. The lowest BCUT2D eigenvalue weighted by Gasteiger charge is -2.36. The summed E-state index contributed by atoms with van der Waals surface area (Å²) in [5.41, 5.74) is 2.87. The van der Waals surface area contributed by atoms with Crippen LogP contribution in [0.25, 0.3) is 10.9 Å². The van der Waals surface area contributed by atoms with Crippen LogP contribution in [0.15, 0.2) is 94.9 Å². The minimum atomic E-state index is -3.60. The van der Waals surface area contributed by atoms with Gasteiger partial charge in [-0.1, -0.05) is 37.3 Å². The van der Waals surface area contributed by atoms with E-state index < -0.39 is 9.84 Å². The maximum atomic E-state index is 13.2. The van der Waals surface area contributed by atoms with Crippen LogP contribution in [0.5, 0.6) is 0 Å². The van der Waals surface area contributed by atoms with Crippen LogP contribution >= 0.6 is 11.8 Å². The van der Waals surface area contributed by atoms with E-state index in [1.165, 1.54) is 10.6 Å². The molecule has 190 valence electrons. The smallest absolute Gasteiger partial charge is 0.253 e. The Morgan fingerprint density at radius 2 is 1.59 bits per heavy atom. The monoisotopic (exact) mass is 531 g/mol. The first kappa shape index (κ1) is 25.3. The standard InChI is InChI=1S/C29H29N3O3S2/c1-2-36-26-14-12-25(13-15-26)31-17-19-32(20-18-31)29(33)24-10-8-22(9-11-24)21-37(34,35)27-7-3-5-23-6-4-16-30-28(23)27/h3-16H,2,17-21H2,1H3. The molecule has 0 unspecified atom stereocenters. The van der Waals surface area contributed by atoms with Crippen LogP contribution in [0, 0.1) is 0 Å². The predicted octanol–water partition coefficient (Wildman–Crippen LogP) is 5.28. The first-order valence-electron chi connectivity index (χ1n) is 12.4. The number of carbonyl (C=O) groups is 1. The van der Waals surface area contributed by atoms with Gasteiger partial charge in [-0.2, -0.15) is 0 Å². The average molecular weight is 532 g/mol. The summed E-state index contributed by atoms with van der Waals surface area (Å²) in [6.45, 7) is 5.00. The summed E-state index contributed by atoms with van der Waals surface area (Å²) in [6, 6.07) is 24.3. The number of hydrogen-bond acceptors (Lipinski definition) is 6. The highest BCUT2D eigenvalue weighted by molar-refractivity contribution is 7.99. The number of fused-ring (bicyclic) bond motifs is 1. The molecule has 1 saturated heterocycles. The Kier molecular flexibility index (Phi) is 7.48. The van der Waals surface area contributed by atoms with Crippen LogP contribution in [0.1, 0.15) is 22.8 Å². The molecule has 0 spiro atoms. The lowest BCUT2D eigenvalue weighted by atomic mass is 10.1. The van der Waals surface area contributed by atoms with Crippen molar-refractivity contribution in [3.63, 3.8) is 0 Å². The number of piperazine rings is 1. The van der Waals surface area contributed by atoms with E-state index >= 15 is 0 Å². The summed E-state index contributed by atoms with van der Waals surface area (Å²) in [7, 11) is -3.60. The zero-order valence-electron chi connectivity index (χ0n) is 20.7. The van der Waals surface area contributed by atoms with Crippen molar-refractivity contribution in [1.29, 1.82) is 0 Å². The summed E-state index contributed by atoms with van der Waals surface area (Å²) in [4.78, 5) is 23.0. The summed E-state index contributed by atoms with van der Waals surface area (Å²) < 4.78 is 26.3. The third kappa shape index (κ3) is 5.65. The molecule has 2 heterocycles. The van der Waals surface area contributed by atoms with Gasteiger partial charge in [0, 0.05) is 53.9 Å². The van der Waals surface area contributed by atoms with E-state index in [1.807, 2.05) is 28.8 Å². The molecule has 4 aromatic rings. The van der Waals surface area contributed by atoms with Gasteiger partial charge in [0.2, 0.25) is 0 Å². The number of thioether (sulfide) groups is 1. The summed E-state index contributed by atoms with van der Waals surface area (Å²) in [6.07, 6.45) is 1.60. The molecular formula is C29H29N3O3S2. The summed E-state index contributed by atoms with van der Waals surface area (Å²) >= 11 is 1.83. The Labute approximate surface area is 222 Å². The fourth-order valence-electron chi connectivity index (χ4n) is 4.64. The van der Waals surface area contributed by atoms with Crippen molar-refractivity contribution in [2.75, 3.05) is 36.8 Å². The average Bonchev–Trinajstić information content (AvgIpc) is 2.93. The molecule has 0 atom stereocenters. The Hall–Kier alpha value is -3.36. The van der Waals surface area contributed by atoms with Crippen molar-refractivity contribution >= 4 is 44.1 Å². The Balaban J connectivity index is 1.22. The van der Waals surface area contributed by atoms with Crippen LogP contribution in [0.3, 0.4) is 0 Å². The van der Waals surface area contributed by atoms with Crippen molar-refractivity contribution in [2.45, 2.75) is 22.5 Å². The van der Waals surface area contributed by atoms with Gasteiger partial charge in [-0.25, -0.2) is 8.42 Å². The molecule has 0 radical (unpaired) electrons. The molecule has 1 amide bonds. The summed E-state index contributed by atoms with van der Waals surface area (Å²) in [5, 5.41) is 0.789. The van der Waals surface area contributed by atoms with Gasteiger partial charge < -0.3 is 9.80 Å². The van der Waals surface area contributed by atoms with E-state index in [0.29, 0.717) is 29.7 Å². The zero-order chi connectivity index (χ0) is 25.8. The van der Waals surface area contributed by atoms with Crippen molar-refractivity contribution in [2.24, 2.45) is 0 Å². The number of nitrogens with zero attached hydrogens (tertiary/aromatic N) is 3. The molecule has 37 heavy (non-hydrogen) atoms. The molecule has 1 aromatic heterocycles. The highest BCUT2D eigenvalue weighted by Crippen LogP contribution is 2.25. The molecule has 0 aliphatic carbocycles. The highest BCUT2D eigenvalue weighted by Gasteiger charge is 2.23. The van der Waals surface area contributed by atoms with Gasteiger partial charge >= 0.3 is 0 Å². The molecule has 6 nitrogen and oxygen atoms in total. The number of pyridine rings is 1. The molecular weight excluding hydrogens is 502 g/mol. The quantitative estimate of drug-likeness (QED) is 0.302. The van der Waals surface area contributed by atoms with E-state index in [0.717, 1.165) is 24.2 Å². The number of sulfone groups is 1. The number of amides is 1. The lowest BCUT2D eigenvalue weighted by Crippen LogP contribution is -2.48. The van der Waals surface area contributed by atoms with Gasteiger partial charge in [0.15, 0.2) is 9.84 Å². The van der Waals surface area contributed by atoms with E-state index in [9.17, 15) is 13.2 Å². The number of rotatable bonds is 7. The Bertz CT molecular complexity index is 1490. The largest absolute Gasteiger partial charge is 0.368 e. The molecule has 0 saturated carbocycles. The molecule has 0 bridgehead atoms. The molecule has 0 N–H and O–H groups in total. The molecule has 1 fully saturated rings. The number of para-hydroxylation sites is 1. The van der Waals surface area contributed by atoms with E-state index in [2.05, 4.69) is 41.1 Å². The summed E-state index contributed by atoms with van der Waals surface area (Å²) in [5.74, 6) is 0.881. The van der Waals surface area contributed by atoms with Gasteiger partial charge in [-0.15, -0.1) is 11.8 Å². The van der Waals surface area contributed by atoms with Gasteiger partial charge in [-0.3, -0.25) is 9.78 Å². The van der Waals surface area contributed by atoms with Gasteiger partial charge in [0.25, 0.3) is 5.91 Å². The number of benzene rings is 3. The SMILES string of the molecule is CCSc1ccc(N2CCN(C(=O)c3ccc(CS(=O)(=O)c4cccc5cccnc45)cc3)CC2)cc1. The highest BCUT2D eigenvalue weighted by atomic mass is 32.2. The van der Waals surface area contributed by atoms with Crippen molar-refractivity contribution < 1.29 is 13.2 Å². The lowest BCUT2D eigenvalue weighted by molar-refractivity contribution is 0.0747. The second-order valence-corrected chi connectivity index (χ2v) is 12.3. The molecule has 1 aliphatic rings. The van der Waals surface area contributed by atoms with Crippen LogP contribution in [-0.4, -0.2) is 56.1 Å². The van der Waals surface area contributed by atoms with Gasteiger partial charge in [-0.05, 0) is 59.8 Å². The van der Waals surface area contributed by atoms with Crippen LogP contribution < -0.4 is 4.90 Å². The van der Waals surface area contributed by atoms with E-state index in [-0.39, 0.29) is 16.6 Å². The second kappa shape index (κ2) is 10.9. The van der Waals surface area contributed by atoms with Crippen molar-refractivity contribution in [3.8, 4) is 0 Å². The van der Waals surface area contributed by atoms with Crippen molar-refractivity contribution in [3.05, 3.63) is 96.2 Å². The molecule has 1 aliphatic heterocycles. The number of aromatic nitrogens is 1. The van der Waals surface area contributed by atoms with Crippen molar-refractivity contribution in [1.82, 2.24) is 9.88 Å². The van der Waals surface area contributed by atoms with Gasteiger partial charge in [0.1, 0.15) is 0 Å². The topological polar surface area (TPSA) is 70.6 Å². The number of hydrogen-bond donors (Lipinski definition) is 0. The molecule has 5 rings (SSSR count). The fourth-order valence-corrected chi connectivity index (χ4v) is 6.84. The first-order chi connectivity index (χ1) is 17.9. The third-order valence-corrected chi connectivity index (χ3v) is 9.18. The van der Waals surface area contributed by atoms with E-state index in [4.69, 9.17) is 0 Å². The van der Waals surface area contributed by atoms with Crippen LogP contribution in [0.4, 0.5) is 5.69 Å². The Morgan fingerprint density at radius 3 is 2.30 bits per heavy atom. The number of carbonyl (C=O) groups excluding carboxylic acids is 1. The second-order valence-electron chi connectivity index (χ2n) is 8.99. The minimum Gasteiger partial charge on any atom is -0.368 e. The van der Waals surface area contributed by atoms with Crippen LogP contribution in [-0.2, 0) is 15.6 Å². The third-order valence-electron chi connectivity index (χ3n) is 6.57. The maximum absolute atomic E-state index is 13.2. The predicted molar refractivity (Wildman–Crippen MR) is 150 cm³/mol.